The van der Waals surface area contributed by atoms with E-state index in [1.165, 1.54) is 63.4 Å². The number of benzene rings is 1. The molecule has 0 spiro atoms. The van der Waals surface area contributed by atoms with Gasteiger partial charge in [-0.05, 0) is 67.6 Å². The standard InChI is InChI=1S/C27H36N2O/c1-3-5-6-7-19-30-26-20-28-27(29-21-26)18-13-23-11-16-25(17-12-23)24-14-9-22(8-4-2)10-15-24/h11-12,16-17,20-22,24H,3-10,14-15,19H2,1-2H3. The van der Waals surface area contributed by atoms with Crippen molar-refractivity contribution in [1.29, 1.82) is 0 Å². The van der Waals surface area contributed by atoms with Crippen LogP contribution in [-0.4, -0.2) is 16.6 Å². The van der Waals surface area contributed by atoms with Crippen molar-refractivity contribution in [3.05, 3.63) is 53.6 Å². The van der Waals surface area contributed by atoms with Gasteiger partial charge < -0.3 is 4.74 Å². The Morgan fingerprint density at radius 2 is 1.60 bits per heavy atom. The quantitative estimate of drug-likeness (QED) is 0.336. The summed E-state index contributed by atoms with van der Waals surface area (Å²) >= 11 is 0. The van der Waals surface area contributed by atoms with E-state index in [4.69, 9.17) is 4.74 Å². The molecule has 0 amide bonds. The number of ether oxygens (including phenoxy) is 1. The predicted molar refractivity (Wildman–Crippen MR) is 124 cm³/mol. The normalized spacial score (nSPS) is 18.5. The minimum absolute atomic E-state index is 0.534. The van der Waals surface area contributed by atoms with Crippen molar-refractivity contribution in [2.24, 2.45) is 5.92 Å². The molecule has 1 aliphatic carbocycles. The van der Waals surface area contributed by atoms with Crippen molar-refractivity contribution in [3.63, 3.8) is 0 Å². The molecule has 160 valence electrons. The molecule has 0 bridgehead atoms. The van der Waals surface area contributed by atoms with Gasteiger partial charge in [0.1, 0.15) is 0 Å². The Balaban J connectivity index is 1.48. The van der Waals surface area contributed by atoms with Crippen LogP contribution >= 0.6 is 0 Å². The lowest BCUT2D eigenvalue weighted by Crippen LogP contribution is -2.13. The zero-order valence-electron chi connectivity index (χ0n) is 18.7. The Morgan fingerprint density at radius 1 is 0.867 bits per heavy atom. The van der Waals surface area contributed by atoms with Gasteiger partial charge in [0, 0.05) is 5.56 Å². The molecule has 2 aromatic rings. The molecule has 3 heteroatoms. The van der Waals surface area contributed by atoms with Gasteiger partial charge in [0.25, 0.3) is 0 Å². The van der Waals surface area contributed by atoms with Crippen LogP contribution < -0.4 is 4.74 Å². The summed E-state index contributed by atoms with van der Waals surface area (Å²) in [7, 11) is 0. The van der Waals surface area contributed by atoms with Crippen LogP contribution in [0, 0.1) is 17.8 Å². The van der Waals surface area contributed by atoms with E-state index in [0.29, 0.717) is 5.82 Å². The summed E-state index contributed by atoms with van der Waals surface area (Å²) in [4.78, 5) is 8.62. The molecule has 1 fully saturated rings. The van der Waals surface area contributed by atoms with Crippen molar-refractivity contribution < 1.29 is 4.74 Å². The molecular formula is C27H36N2O. The second-order valence-electron chi connectivity index (χ2n) is 8.53. The molecule has 0 atom stereocenters. The molecule has 3 nitrogen and oxygen atoms in total. The molecule has 1 heterocycles. The van der Waals surface area contributed by atoms with Gasteiger partial charge in [-0.1, -0.05) is 64.0 Å². The molecule has 0 unspecified atom stereocenters. The average Bonchev–Trinajstić information content (AvgIpc) is 2.79. The van der Waals surface area contributed by atoms with Gasteiger partial charge in [0.15, 0.2) is 5.75 Å². The highest BCUT2D eigenvalue weighted by atomic mass is 16.5. The van der Waals surface area contributed by atoms with Gasteiger partial charge in [-0.25, -0.2) is 9.97 Å². The fourth-order valence-corrected chi connectivity index (χ4v) is 4.33. The lowest BCUT2D eigenvalue weighted by atomic mass is 9.77. The highest BCUT2D eigenvalue weighted by Crippen LogP contribution is 2.37. The fourth-order valence-electron chi connectivity index (χ4n) is 4.33. The Labute approximate surface area is 182 Å². The van der Waals surface area contributed by atoms with E-state index in [1.807, 2.05) is 0 Å². The van der Waals surface area contributed by atoms with E-state index >= 15 is 0 Å². The highest BCUT2D eigenvalue weighted by molar-refractivity contribution is 5.40. The third kappa shape index (κ3) is 7.17. The van der Waals surface area contributed by atoms with Crippen LogP contribution in [0.15, 0.2) is 36.7 Å². The van der Waals surface area contributed by atoms with E-state index in [2.05, 4.69) is 59.9 Å². The Kier molecular flexibility index (Phi) is 9.22. The predicted octanol–water partition coefficient (Wildman–Crippen LogP) is 6.91. The van der Waals surface area contributed by atoms with Crippen LogP contribution in [0.2, 0.25) is 0 Å². The number of aromatic nitrogens is 2. The van der Waals surface area contributed by atoms with E-state index in [1.54, 1.807) is 12.4 Å². The van der Waals surface area contributed by atoms with E-state index in [-0.39, 0.29) is 0 Å². The Hall–Kier alpha value is -2.34. The van der Waals surface area contributed by atoms with Gasteiger partial charge in [-0.2, -0.15) is 0 Å². The van der Waals surface area contributed by atoms with Gasteiger partial charge in [-0.15, -0.1) is 0 Å². The SMILES string of the molecule is CCCCCCOc1cnc(C#Cc2ccc(C3CCC(CCC)CC3)cc2)nc1. The minimum Gasteiger partial charge on any atom is -0.490 e. The third-order valence-corrected chi connectivity index (χ3v) is 6.14. The van der Waals surface area contributed by atoms with Crippen molar-refractivity contribution in [3.8, 4) is 17.6 Å². The first-order valence-electron chi connectivity index (χ1n) is 11.8. The molecule has 0 radical (unpaired) electrons. The first-order valence-corrected chi connectivity index (χ1v) is 11.8. The van der Waals surface area contributed by atoms with Crippen molar-refractivity contribution in [2.45, 2.75) is 84.0 Å². The van der Waals surface area contributed by atoms with Gasteiger partial charge in [-0.3, -0.25) is 0 Å². The Bertz CT molecular complexity index is 793. The van der Waals surface area contributed by atoms with Gasteiger partial charge in [0.05, 0.1) is 19.0 Å². The molecule has 1 aliphatic rings. The number of rotatable bonds is 9. The molecule has 1 saturated carbocycles. The molecule has 0 saturated heterocycles. The van der Waals surface area contributed by atoms with E-state index < -0.39 is 0 Å². The summed E-state index contributed by atoms with van der Waals surface area (Å²) < 4.78 is 5.69. The zero-order chi connectivity index (χ0) is 21.0. The first kappa shape index (κ1) is 22.3. The van der Waals surface area contributed by atoms with E-state index in [9.17, 15) is 0 Å². The molecular weight excluding hydrogens is 368 g/mol. The van der Waals surface area contributed by atoms with Gasteiger partial charge >= 0.3 is 0 Å². The van der Waals surface area contributed by atoms with Crippen LogP contribution in [0.5, 0.6) is 5.75 Å². The lowest BCUT2D eigenvalue weighted by Gasteiger charge is -2.28. The highest BCUT2D eigenvalue weighted by Gasteiger charge is 2.21. The number of unbranched alkanes of at least 4 members (excludes halogenated alkanes) is 3. The molecule has 1 aromatic heterocycles. The number of hydrogen-bond donors (Lipinski definition) is 0. The van der Waals surface area contributed by atoms with Crippen molar-refractivity contribution in [2.75, 3.05) is 6.61 Å². The maximum absolute atomic E-state index is 5.69. The second kappa shape index (κ2) is 12.4. The van der Waals surface area contributed by atoms with Crippen LogP contribution in [-0.2, 0) is 0 Å². The van der Waals surface area contributed by atoms with Crippen molar-refractivity contribution >= 4 is 0 Å². The molecule has 3 rings (SSSR count). The summed E-state index contributed by atoms with van der Waals surface area (Å²) in [5.41, 5.74) is 2.48. The second-order valence-corrected chi connectivity index (χ2v) is 8.53. The topological polar surface area (TPSA) is 35.0 Å². The maximum atomic E-state index is 5.69. The summed E-state index contributed by atoms with van der Waals surface area (Å²) in [6.45, 7) is 5.23. The largest absolute Gasteiger partial charge is 0.490 e. The Morgan fingerprint density at radius 3 is 2.27 bits per heavy atom. The van der Waals surface area contributed by atoms with Crippen LogP contribution in [0.3, 0.4) is 0 Å². The third-order valence-electron chi connectivity index (χ3n) is 6.14. The summed E-state index contributed by atoms with van der Waals surface area (Å²) in [6.07, 6.45) is 16.4. The van der Waals surface area contributed by atoms with Crippen LogP contribution in [0.1, 0.15) is 101 Å². The molecule has 30 heavy (non-hydrogen) atoms. The van der Waals surface area contributed by atoms with Gasteiger partial charge in [0.2, 0.25) is 5.82 Å². The monoisotopic (exact) mass is 404 g/mol. The first-order chi connectivity index (χ1) is 14.8. The minimum atomic E-state index is 0.534. The van der Waals surface area contributed by atoms with Crippen LogP contribution in [0.25, 0.3) is 0 Å². The zero-order valence-corrected chi connectivity index (χ0v) is 18.7. The summed E-state index contributed by atoms with van der Waals surface area (Å²) in [5.74, 6) is 9.17. The lowest BCUT2D eigenvalue weighted by molar-refractivity contribution is 0.302. The molecule has 0 N–H and O–H groups in total. The smallest absolute Gasteiger partial charge is 0.205 e. The number of hydrogen-bond acceptors (Lipinski definition) is 3. The fraction of sp³-hybridized carbons (Fsp3) is 0.556. The molecule has 0 aliphatic heterocycles. The maximum Gasteiger partial charge on any atom is 0.205 e. The molecule has 1 aromatic carbocycles. The van der Waals surface area contributed by atoms with E-state index in [0.717, 1.165) is 36.2 Å². The summed E-state index contributed by atoms with van der Waals surface area (Å²) in [6, 6.07) is 8.78. The van der Waals surface area contributed by atoms with Crippen LogP contribution in [0.4, 0.5) is 0 Å². The summed E-state index contributed by atoms with van der Waals surface area (Å²) in [5, 5.41) is 0. The average molecular weight is 405 g/mol. The number of nitrogens with zero attached hydrogens (tertiary/aromatic N) is 2. The van der Waals surface area contributed by atoms with Crippen molar-refractivity contribution in [1.82, 2.24) is 9.97 Å².